The molecular formula is C16H17N3O2. The summed E-state index contributed by atoms with van der Waals surface area (Å²) in [5.74, 6) is -0.0601. The van der Waals surface area contributed by atoms with E-state index in [1.807, 2.05) is 42.5 Å². The smallest absolute Gasteiger partial charge is 0.272 e. The molecular weight excluding hydrogens is 266 g/mol. The highest BCUT2D eigenvalue weighted by molar-refractivity contribution is 5.92. The second kappa shape index (κ2) is 5.93. The largest absolute Gasteiger partial charge is 0.396 e. The van der Waals surface area contributed by atoms with Crippen LogP contribution in [0, 0.1) is 5.92 Å². The number of hydrogen-bond donors (Lipinski definition) is 2. The highest BCUT2D eigenvalue weighted by Gasteiger charge is 2.21. The number of benzene rings is 1. The fourth-order valence-corrected chi connectivity index (χ4v) is 2.43. The maximum Gasteiger partial charge on any atom is 0.272 e. The Kier molecular flexibility index (Phi) is 3.83. The lowest BCUT2D eigenvalue weighted by molar-refractivity contribution is 0.0935. The first-order valence-electron chi connectivity index (χ1n) is 6.97. The van der Waals surface area contributed by atoms with Crippen molar-refractivity contribution in [2.45, 2.75) is 12.5 Å². The number of amides is 1. The summed E-state index contributed by atoms with van der Waals surface area (Å²) >= 11 is 0. The number of aromatic nitrogens is 2. The van der Waals surface area contributed by atoms with Gasteiger partial charge in [-0.3, -0.25) is 4.79 Å². The van der Waals surface area contributed by atoms with Gasteiger partial charge in [-0.05, 0) is 24.6 Å². The second-order valence-corrected chi connectivity index (χ2v) is 5.12. The van der Waals surface area contributed by atoms with E-state index in [9.17, 15) is 4.79 Å². The first kappa shape index (κ1) is 13.6. The van der Waals surface area contributed by atoms with Gasteiger partial charge in [-0.25, -0.2) is 4.68 Å². The van der Waals surface area contributed by atoms with Crippen LogP contribution in [0.25, 0.3) is 5.69 Å². The standard InChI is InChI=1S/C16H17N3O2/c20-11-12-6-7-13(10-12)17-16(21)15-8-9-19(18-15)14-4-2-1-3-5-14/h1-9,12-13,20H,10-11H2,(H,17,21)/t12-,13+/m0/s1. The van der Waals surface area contributed by atoms with Gasteiger partial charge in [-0.2, -0.15) is 5.10 Å². The van der Waals surface area contributed by atoms with Crippen LogP contribution in [0.3, 0.4) is 0 Å². The van der Waals surface area contributed by atoms with Gasteiger partial charge in [0.05, 0.1) is 5.69 Å². The molecule has 1 heterocycles. The molecule has 0 unspecified atom stereocenters. The Labute approximate surface area is 122 Å². The van der Waals surface area contributed by atoms with Gasteiger partial charge in [0, 0.05) is 24.8 Å². The maximum absolute atomic E-state index is 12.2. The summed E-state index contributed by atoms with van der Waals surface area (Å²) in [6, 6.07) is 11.3. The lowest BCUT2D eigenvalue weighted by Gasteiger charge is -2.11. The summed E-state index contributed by atoms with van der Waals surface area (Å²) in [7, 11) is 0. The van der Waals surface area contributed by atoms with Gasteiger partial charge < -0.3 is 10.4 Å². The van der Waals surface area contributed by atoms with Crippen molar-refractivity contribution in [1.29, 1.82) is 0 Å². The van der Waals surface area contributed by atoms with Gasteiger partial charge in [-0.1, -0.05) is 30.4 Å². The van der Waals surface area contributed by atoms with Gasteiger partial charge in [0.2, 0.25) is 0 Å². The van der Waals surface area contributed by atoms with E-state index in [-0.39, 0.29) is 24.5 Å². The van der Waals surface area contributed by atoms with Crippen LogP contribution in [0.1, 0.15) is 16.9 Å². The third-order valence-electron chi connectivity index (χ3n) is 3.57. The minimum Gasteiger partial charge on any atom is -0.396 e. The minimum atomic E-state index is -0.196. The number of rotatable bonds is 4. The molecule has 2 N–H and O–H groups in total. The Balaban J connectivity index is 1.66. The summed E-state index contributed by atoms with van der Waals surface area (Å²) < 4.78 is 1.68. The molecule has 5 heteroatoms. The highest BCUT2D eigenvalue weighted by Crippen LogP contribution is 2.17. The quantitative estimate of drug-likeness (QED) is 0.836. The SMILES string of the molecule is O=C(N[C@@H]1C=C[C@H](CO)C1)c1ccn(-c2ccccc2)n1. The molecule has 0 saturated heterocycles. The molecule has 1 aromatic carbocycles. The number of para-hydroxylation sites is 1. The zero-order chi connectivity index (χ0) is 14.7. The van der Waals surface area contributed by atoms with E-state index < -0.39 is 0 Å². The van der Waals surface area contributed by atoms with Gasteiger partial charge in [-0.15, -0.1) is 0 Å². The van der Waals surface area contributed by atoms with E-state index >= 15 is 0 Å². The molecule has 1 aliphatic carbocycles. The Morgan fingerprint density at radius 3 is 2.81 bits per heavy atom. The number of carbonyl (C=O) groups is 1. The topological polar surface area (TPSA) is 67.2 Å². The molecule has 0 fully saturated rings. The number of aliphatic hydroxyl groups excluding tert-OH is 1. The fraction of sp³-hybridized carbons (Fsp3) is 0.250. The molecule has 0 saturated carbocycles. The lowest BCUT2D eigenvalue weighted by Crippen LogP contribution is -2.33. The van der Waals surface area contributed by atoms with Crippen molar-refractivity contribution < 1.29 is 9.90 Å². The monoisotopic (exact) mass is 283 g/mol. The van der Waals surface area contributed by atoms with Crippen LogP contribution in [-0.4, -0.2) is 33.4 Å². The summed E-state index contributed by atoms with van der Waals surface area (Å²) in [5, 5.41) is 16.3. The van der Waals surface area contributed by atoms with Crippen LogP contribution in [0.5, 0.6) is 0 Å². The van der Waals surface area contributed by atoms with Gasteiger partial charge in [0.25, 0.3) is 5.91 Å². The Hall–Kier alpha value is -2.40. The van der Waals surface area contributed by atoms with E-state index in [0.29, 0.717) is 5.69 Å². The minimum absolute atomic E-state index is 0.0310. The molecule has 108 valence electrons. The highest BCUT2D eigenvalue weighted by atomic mass is 16.3. The molecule has 3 rings (SSSR count). The van der Waals surface area contributed by atoms with Gasteiger partial charge in [0.15, 0.2) is 5.69 Å². The average molecular weight is 283 g/mol. The molecule has 21 heavy (non-hydrogen) atoms. The van der Waals surface area contributed by atoms with Crippen LogP contribution in [0.2, 0.25) is 0 Å². The van der Waals surface area contributed by atoms with Crippen LogP contribution < -0.4 is 5.32 Å². The zero-order valence-corrected chi connectivity index (χ0v) is 11.5. The predicted molar refractivity (Wildman–Crippen MR) is 79.2 cm³/mol. The average Bonchev–Trinajstić information content (AvgIpc) is 3.17. The Morgan fingerprint density at radius 1 is 1.29 bits per heavy atom. The molecule has 1 aromatic heterocycles. The third-order valence-corrected chi connectivity index (χ3v) is 3.57. The predicted octanol–water partition coefficient (Wildman–Crippen LogP) is 1.54. The number of carbonyl (C=O) groups excluding carboxylic acids is 1. The van der Waals surface area contributed by atoms with Crippen LogP contribution in [0.4, 0.5) is 0 Å². The fourth-order valence-electron chi connectivity index (χ4n) is 2.43. The van der Waals surface area contributed by atoms with E-state index in [2.05, 4.69) is 10.4 Å². The van der Waals surface area contributed by atoms with Gasteiger partial charge >= 0.3 is 0 Å². The van der Waals surface area contributed by atoms with Crippen molar-refractivity contribution >= 4 is 5.91 Å². The summed E-state index contributed by atoms with van der Waals surface area (Å²) in [6.07, 6.45) is 6.37. The molecule has 5 nitrogen and oxygen atoms in total. The van der Waals surface area contributed by atoms with Crippen molar-refractivity contribution in [2.75, 3.05) is 6.61 Å². The van der Waals surface area contributed by atoms with Gasteiger partial charge in [0.1, 0.15) is 0 Å². The second-order valence-electron chi connectivity index (χ2n) is 5.12. The van der Waals surface area contributed by atoms with E-state index in [1.54, 1.807) is 16.9 Å². The number of nitrogens with one attached hydrogen (secondary N) is 1. The molecule has 0 spiro atoms. The first-order chi connectivity index (χ1) is 10.3. The van der Waals surface area contributed by atoms with Crippen LogP contribution >= 0.6 is 0 Å². The lowest BCUT2D eigenvalue weighted by atomic mass is 10.1. The molecule has 0 radical (unpaired) electrons. The van der Waals surface area contributed by atoms with Crippen molar-refractivity contribution in [3.8, 4) is 5.69 Å². The normalized spacial score (nSPS) is 20.6. The van der Waals surface area contributed by atoms with E-state index in [0.717, 1.165) is 12.1 Å². The summed E-state index contributed by atoms with van der Waals surface area (Å²) in [6.45, 7) is 0.117. The maximum atomic E-state index is 12.2. The molecule has 0 bridgehead atoms. The Bertz CT molecular complexity index is 649. The van der Waals surface area contributed by atoms with E-state index in [4.69, 9.17) is 5.11 Å². The molecule has 1 amide bonds. The van der Waals surface area contributed by atoms with Crippen molar-refractivity contribution in [3.63, 3.8) is 0 Å². The summed E-state index contributed by atoms with van der Waals surface area (Å²) in [4.78, 5) is 12.2. The molecule has 0 aliphatic heterocycles. The van der Waals surface area contributed by atoms with Crippen molar-refractivity contribution in [1.82, 2.24) is 15.1 Å². The third kappa shape index (κ3) is 3.03. The summed E-state index contributed by atoms with van der Waals surface area (Å²) in [5.41, 5.74) is 1.30. The zero-order valence-electron chi connectivity index (χ0n) is 11.5. The van der Waals surface area contributed by atoms with Crippen molar-refractivity contribution in [3.05, 3.63) is 60.4 Å². The van der Waals surface area contributed by atoms with Crippen molar-refractivity contribution in [2.24, 2.45) is 5.92 Å². The van der Waals surface area contributed by atoms with Crippen LogP contribution in [-0.2, 0) is 0 Å². The molecule has 2 atom stereocenters. The Morgan fingerprint density at radius 2 is 2.10 bits per heavy atom. The number of nitrogens with zero attached hydrogens (tertiary/aromatic N) is 2. The number of aliphatic hydroxyl groups is 1. The number of hydrogen-bond acceptors (Lipinski definition) is 3. The van der Waals surface area contributed by atoms with E-state index in [1.165, 1.54) is 0 Å². The molecule has 1 aliphatic rings. The first-order valence-corrected chi connectivity index (χ1v) is 6.97. The van der Waals surface area contributed by atoms with Crippen LogP contribution in [0.15, 0.2) is 54.7 Å². The molecule has 2 aromatic rings.